The number of non-ortho nitro benzene ring substituents is 1. The predicted molar refractivity (Wildman–Crippen MR) is 113 cm³/mol. The smallest absolute Gasteiger partial charge is 0.274 e. The quantitative estimate of drug-likeness (QED) is 0.462. The van der Waals surface area contributed by atoms with Gasteiger partial charge in [0.15, 0.2) is 0 Å². The Morgan fingerprint density at radius 2 is 1.80 bits per heavy atom. The van der Waals surface area contributed by atoms with Gasteiger partial charge in [-0.25, -0.2) is 5.01 Å². The molecular weight excluding hydrogens is 382 g/mol. The van der Waals surface area contributed by atoms with Gasteiger partial charge in [-0.3, -0.25) is 14.9 Å². The normalized spacial score (nSPS) is 15.6. The summed E-state index contributed by atoms with van der Waals surface area (Å²) in [4.78, 5) is 24.0. The van der Waals surface area contributed by atoms with Gasteiger partial charge >= 0.3 is 0 Å². The molecule has 7 heteroatoms. The molecule has 3 aromatic carbocycles. The second kappa shape index (κ2) is 8.16. The summed E-state index contributed by atoms with van der Waals surface area (Å²) in [6.07, 6.45) is 0.450. The first kappa shape index (κ1) is 19.3. The summed E-state index contributed by atoms with van der Waals surface area (Å²) in [5, 5.41) is 17.3. The Hall–Kier alpha value is -4.00. The van der Waals surface area contributed by atoms with Crippen LogP contribution in [-0.4, -0.2) is 28.7 Å². The maximum Gasteiger partial charge on any atom is 0.274 e. The number of methoxy groups -OCH3 is 1. The van der Waals surface area contributed by atoms with Crippen LogP contribution < -0.4 is 4.74 Å². The minimum absolute atomic E-state index is 0.0162. The van der Waals surface area contributed by atoms with E-state index < -0.39 is 11.0 Å². The first-order chi connectivity index (χ1) is 14.6. The third kappa shape index (κ3) is 3.77. The average molecular weight is 401 g/mol. The molecular formula is C23H19N3O4. The zero-order valence-corrected chi connectivity index (χ0v) is 16.3. The number of hydrogen-bond acceptors (Lipinski definition) is 5. The van der Waals surface area contributed by atoms with Crippen LogP contribution in [0, 0.1) is 10.1 Å². The monoisotopic (exact) mass is 401 g/mol. The molecule has 0 unspecified atom stereocenters. The Kier molecular flexibility index (Phi) is 5.26. The number of rotatable bonds is 5. The van der Waals surface area contributed by atoms with Gasteiger partial charge in [-0.1, -0.05) is 30.3 Å². The number of hydrogen-bond donors (Lipinski definition) is 0. The van der Waals surface area contributed by atoms with Crippen molar-refractivity contribution in [3.63, 3.8) is 0 Å². The molecule has 0 aromatic heterocycles. The molecule has 3 aromatic rings. The maximum atomic E-state index is 13.2. The van der Waals surface area contributed by atoms with Crippen molar-refractivity contribution < 1.29 is 14.5 Å². The fourth-order valence-electron chi connectivity index (χ4n) is 3.47. The molecule has 0 saturated heterocycles. The Balaban J connectivity index is 1.73. The SMILES string of the molecule is COc1ccc(C2=NN(C(=O)c3ccccc3)[C@@H](c3cccc([N+](=O)[O-])c3)C2)cc1. The number of carbonyl (C=O) groups excluding carboxylic acids is 1. The fourth-order valence-corrected chi connectivity index (χ4v) is 3.47. The largest absolute Gasteiger partial charge is 0.497 e. The van der Waals surface area contributed by atoms with E-state index in [2.05, 4.69) is 5.10 Å². The van der Waals surface area contributed by atoms with Gasteiger partial charge in [0, 0.05) is 24.1 Å². The second-order valence-electron chi connectivity index (χ2n) is 6.86. The molecule has 0 bridgehead atoms. The van der Waals surface area contributed by atoms with E-state index in [1.807, 2.05) is 30.3 Å². The fraction of sp³-hybridized carbons (Fsp3) is 0.130. The van der Waals surface area contributed by atoms with Gasteiger partial charge in [-0.05, 0) is 47.5 Å². The van der Waals surface area contributed by atoms with Crippen LogP contribution in [0.4, 0.5) is 5.69 Å². The number of nitro benzene ring substituents is 1. The van der Waals surface area contributed by atoms with Crippen LogP contribution in [0.3, 0.4) is 0 Å². The van der Waals surface area contributed by atoms with Crippen molar-refractivity contribution >= 4 is 17.3 Å². The molecule has 0 N–H and O–H groups in total. The molecule has 0 aliphatic carbocycles. The summed E-state index contributed by atoms with van der Waals surface area (Å²) in [5.74, 6) is 0.473. The van der Waals surface area contributed by atoms with Crippen LogP contribution in [0.1, 0.15) is 33.9 Å². The molecule has 150 valence electrons. The number of ether oxygens (including phenoxy) is 1. The highest BCUT2D eigenvalue weighted by Gasteiger charge is 2.34. The molecule has 1 aliphatic rings. The number of carbonyl (C=O) groups is 1. The minimum atomic E-state index is -0.437. The summed E-state index contributed by atoms with van der Waals surface area (Å²) in [7, 11) is 1.60. The number of amides is 1. The van der Waals surface area contributed by atoms with Crippen molar-refractivity contribution in [2.24, 2.45) is 5.10 Å². The van der Waals surface area contributed by atoms with Gasteiger partial charge in [0.25, 0.3) is 11.6 Å². The molecule has 0 saturated carbocycles. The standard InChI is InChI=1S/C23H19N3O4/c1-30-20-12-10-16(11-13-20)21-15-22(18-8-5-9-19(14-18)26(28)29)25(24-21)23(27)17-6-3-2-4-7-17/h2-14,22H,15H2,1H3/t22-/m1/s1. The van der Waals surface area contributed by atoms with E-state index in [1.54, 1.807) is 43.5 Å². The van der Waals surface area contributed by atoms with E-state index in [1.165, 1.54) is 17.1 Å². The lowest BCUT2D eigenvalue weighted by molar-refractivity contribution is -0.384. The molecule has 1 aliphatic heterocycles. The van der Waals surface area contributed by atoms with Gasteiger partial charge in [0.1, 0.15) is 5.75 Å². The van der Waals surface area contributed by atoms with Crippen molar-refractivity contribution in [2.75, 3.05) is 7.11 Å². The molecule has 0 spiro atoms. The highest BCUT2D eigenvalue weighted by molar-refractivity contribution is 6.05. The van der Waals surface area contributed by atoms with E-state index in [-0.39, 0.29) is 11.6 Å². The Morgan fingerprint density at radius 1 is 1.07 bits per heavy atom. The van der Waals surface area contributed by atoms with Crippen molar-refractivity contribution in [3.8, 4) is 5.75 Å². The van der Waals surface area contributed by atoms with Crippen LogP contribution >= 0.6 is 0 Å². The van der Waals surface area contributed by atoms with Crippen molar-refractivity contribution in [1.82, 2.24) is 5.01 Å². The highest BCUT2D eigenvalue weighted by Crippen LogP contribution is 2.35. The van der Waals surface area contributed by atoms with Gasteiger partial charge in [0.2, 0.25) is 0 Å². The third-order valence-electron chi connectivity index (χ3n) is 5.03. The molecule has 1 heterocycles. The maximum absolute atomic E-state index is 13.2. The lowest BCUT2D eigenvalue weighted by atomic mass is 9.97. The topological polar surface area (TPSA) is 85.0 Å². The van der Waals surface area contributed by atoms with Gasteiger partial charge < -0.3 is 4.74 Å². The molecule has 4 rings (SSSR count). The van der Waals surface area contributed by atoms with E-state index in [0.717, 1.165) is 17.0 Å². The van der Waals surface area contributed by atoms with Crippen LogP contribution in [0.15, 0.2) is 84.0 Å². The summed E-state index contributed by atoms with van der Waals surface area (Å²) in [5.41, 5.74) is 2.76. The van der Waals surface area contributed by atoms with Crippen molar-refractivity contribution in [3.05, 3.63) is 106 Å². The molecule has 30 heavy (non-hydrogen) atoms. The molecule has 0 radical (unpaired) electrons. The Morgan fingerprint density at radius 3 is 2.47 bits per heavy atom. The van der Waals surface area contributed by atoms with Crippen LogP contribution in [-0.2, 0) is 0 Å². The lowest BCUT2D eigenvalue weighted by Crippen LogP contribution is -2.27. The van der Waals surface area contributed by atoms with Crippen LogP contribution in [0.5, 0.6) is 5.75 Å². The zero-order chi connectivity index (χ0) is 21.1. The van der Waals surface area contributed by atoms with E-state index >= 15 is 0 Å². The zero-order valence-electron chi connectivity index (χ0n) is 16.3. The van der Waals surface area contributed by atoms with E-state index in [0.29, 0.717) is 17.5 Å². The van der Waals surface area contributed by atoms with Gasteiger partial charge in [0.05, 0.1) is 23.8 Å². The summed E-state index contributed by atoms with van der Waals surface area (Å²) >= 11 is 0. The minimum Gasteiger partial charge on any atom is -0.497 e. The first-order valence-electron chi connectivity index (χ1n) is 9.41. The first-order valence-corrected chi connectivity index (χ1v) is 9.41. The summed E-state index contributed by atoms with van der Waals surface area (Å²) < 4.78 is 5.21. The van der Waals surface area contributed by atoms with E-state index in [9.17, 15) is 14.9 Å². The Bertz CT molecular complexity index is 1110. The molecule has 7 nitrogen and oxygen atoms in total. The van der Waals surface area contributed by atoms with Crippen molar-refractivity contribution in [1.29, 1.82) is 0 Å². The molecule has 0 fully saturated rings. The van der Waals surface area contributed by atoms with Crippen LogP contribution in [0.2, 0.25) is 0 Å². The third-order valence-corrected chi connectivity index (χ3v) is 5.03. The lowest BCUT2D eigenvalue weighted by Gasteiger charge is -2.22. The van der Waals surface area contributed by atoms with Gasteiger partial charge in [-0.15, -0.1) is 0 Å². The second-order valence-corrected chi connectivity index (χ2v) is 6.86. The predicted octanol–water partition coefficient (Wildman–Crippen LogP) is 4.59. The number of nitro groups is 1. The molecule has 1 amide bonds. The summed E-state index contributed by atoms with van der Waals surface area (Å²) in [6.45, 7) is 0. The van der Waals surface area contributed by atoms with Gasteiger partial charge in [-0.2, -0.15) is 5.10 Å². The van der Waals surface area contributed by atoms with E-state index in [4.69, 9.17) is 4.74 Å². The summed E-state index contributed by atoms with van der Waals surface area (Å²) in [6, 6.07) is 22.2. The number of nitrogens with zero attached hydrogens (tertiary/aromatic N) is 3. The number of hydrazone groups is 1. The van der Waals surface area contributed by atoms with Crippen LogP contribution in [0.25, 0.3) is 0 Å². The Labute approximate surface area is 173 Å². The number of benzene rings is 3. The van der Waals surface area contributed by atoms with Crippen molar-refractivity contribution in [2.45, 2.75) is 12.5 Å². The average Bonchev–Trinajstić information content (AvgIpc) is 3.25. The highest BCUT2D eigenvalue weighted by atomic mass is 16.6. The molecule has 1 atom stereocenters.